The number of imide groups is 1. The molecule has 1 saturated heterocycles. The molecule has 1 heterocycles. The smallest absolute Gasteiger partial charge is 0.240 e. The number of hydrogen-bond donors (Lipinski definition) is 0. The molecule has 5 heteroatoms. The summed E-state index contributed by atoms with van der Waals surface area (Å²) in [6.07, 6.45) is 0.163. The maximum Gasteiger partial charge on any atom is 0.240 e. The van der Waals surface area contributed by atoms with Crippen LogP contribution in [0.4, 0.5) is 5.69 Å². The molecule has 1 atom stereocenters. The Kier molecular flexibility index (Phi) is 3.58. The molecule has 20 heavy (non-hydrogen) atoms. The first-order chi connectivity index (χ1) is 9.31. The number of amides is 2. The summed E-state index contributed by atoms with van der Waals surface area (Å²) < 4.78 is 0. The van der Waals surface area contributed by atoms with Crippen LogP contribution in [0.1, 0.15) is 32.8 Å². The van der Waals surface area contributed by atoms with Crippen LogP contribution < -0.4 is 4.90 Å². The Morgan fingerprint density at radius 2 is 2.05 bits per heavy atom. The van der Waals surface area contributed by atoms with E-state index in [0.29, 0.717) is 16.3 Å². The van der Waals surface area contributed by atoms with Crippen LogP contribution in [0.15, 0.2) is 18.2 Å². The summed E-state index contributed by atoms with van der Waals surface area (Å²) in [5.74, 6) is -0.487. The van der Waals surface area contributed by atoms with Gasteiger partial charge in [0.1, 0.15) is 0 Å². The van der Waals surface area contributed by atoms with Crippen molar-refractivity contribution in [3.63, 3.8) is 0 Å². The average Bonchev–Trinajstić information content (AvgIpc) is 2.62. The van der Waals surface area contributed by atoms with Crippen molar-refractivity contribution in [1.82, 2.24) is 0 Å². The molecule has 1 aliphatic rings. The topological polar surface area (TPSA) is 61.2 Å². The normalized spacial score (nSPS) is 22.5. The molecule has 1 fully saturated rings. The molecule has 4 nitrogen and oxygen atoms in total. The lowest BCUT2D eigenvalue weighted by molar-refractivity contribution is -0.126. The second kappa shape index (κ2) is 4.92. The van der Waals surface area contributed by atoms with Gasteiger partial charge in [-0.05, 0) is 31.0 Å². The molecule has 1 aromatic carbocycles. The fourth-order valence-electron chi connectivity index (χ4n) is 2.29. The van der Waals surface area contributed by atoms with E-state index in [1.807, 2.05) is 19.9 Å². The molecule has 1 unspecified atom stereocenters. The van der Waals surface area contributed by atoms with Gasteiger partial charge in [0, 0.05) is 6.42 Å². The summed E-state index contributed by atoms with van der Waals surface area (Å²) in [7, 11) is 0. The second-order valence-corrected chi connectivity index (χ2v) is 5.97. The molecule has 1 aromatic rings. The van der Waals surface area contributed by atoms with Gasteiger partial charge >= 0.3 is 0 Å². The molecule has 1 aliphatic heterocycles. The van der Waals surface area contributed by atoms with E-state index in [2.05, 4.69) is 0 Å². The summed E-state index contributed by atoms with van der Waals surface area (Å²) in [5.41, 5.74) is -0.0588. The Balaban J connectivity index is 2.52. The maximum absolute atomic E-state index is 12.6. The third-order valence-electron chi connectivity index (χ3n) is 4.05. The van der Waals surface area contributed by atoms with E-state index in [1.54, 1.807) is 13.0 Å². The SMILES string of the molecule is CC(C)C1(C)CC(=O)N(c2cc(C#N)ccc2Cl)C1=O. The van der Waals surface area contributed by atoms with Crippen molar-refractivity contribution in [2.24, 2.45) is 11.3 Å². The van der Waals surface area contributed by atoms with E-state index in [1.165, 1.54) is 12.1 Å². The Morgan fingerprint density at radius 1 is 1.40 bits per heavy atom. The van der Waals surface area contributed by atoms with Crippen LogP contribution in [0.25, 0.3) is 0 Å². The minimum absolute atomic E-state index is 0.0434. The number of carbonyl (C=O) groups is 2. The van der Waals surface area contributed by atoms with Crippen LogP contribution in [-0.4, -0.2) is 11.8 Å². The number of nitriles is 1. The highest BCUT2D eigenvalue weighted by Gasteiger charge is 2.50. The number of carbonyl (C=O) groups excluding carboxylic acids is 2. The number of rotatable bonds is 2. The molecule has 0 N–H and O–H groups in total. The van der Waals surface area contributed by atoms with Crippen LogP contribution >= 0.6 is 11.6 Å². The number of hydrogen-bond acceptors (Lipinski definition) is 3. The van der Waals surface area contributed by atoms with Crippen molar-refractivity contribution in [3.8, 4) is 6.07 Å². The molecule has 0 saturated carbocycles. The van der Waals surface area contributed by atoms with Crippen molar-refractivity contribution < 1.29 is 9.59 Å². The Labute approximate surface area is 122 Å². The van der Waals surface area contributed by atoms with E-state index in [0.717, 1.165) is 4.90 Å². The molecule has 0 aliphatic carbocycles. The minimum Gasteiger partial charge on any atom is -0.274 e. The van der Waals surface area contributed by atoms with Gasteiger partial charge in [-0.15, -0.1) is 0 Å². The second-order valence-electron chi connectivity index (χ2n) is 5.56. The predicted octanol–water partition coefficient (Wildman–Crippen LogP) is 3.14. The number of benzene rings is 1. The highest BCUT2D eigenvalue weighted by Crippen LogP contribution is 2.42. The van der Waals surface area contributed by atoms with Gasteiger partial charge in [-0.1, -0.05) is 25.4 Å². The van der Waals surface area contributed by atoms with Crippen molar-refractivity contribution in [2.75, 3.05) is 4.90 Å². The summed E-state index contributed by atoms with van der Waals surface area (Å²) in [4.78, 5) is 25.9. The van der Waals surface area contributed by atoms with Gasteiger partial charge in [0.05, 0.1) is 27.8 Å². The third kappa shape index (κ3) is 2.08. The monoisotopic (exact) mass is 290 g/mol. The van der Waals surface area contributed by atoms with Crippen LogP contribution in [0.3, 0.4) is 0 Å². The van der Waals surface area contributed by atoms with E-state index in [-0.39, 0.29) is 24.2 Å². The molecule has 2 amide bonds. The molecule has 104 valence electrons. The van der Waals surface area contributed by atoms with Crippen LogP contribution in [0, 0.1) is 22.7 Å². The maximum atomic E-state index is 12.6. The summed E-state index contributed by atoms with van der Waals surface area (Å²) >= 11 is 6.08. The van der Waals surface area contributed by atoms with E-state index in [4.69, 9.17) is 16.9 Å². The fraction of sp³-hybridized carbons (Fsp3) is 0.400. The van der Waals surface area contributed by atoms with Crippen molar-refractivity contribution in [1.29, 1.82) is 5.26 Å². The zero-order valence-corrected chi connectivity index (χ0v) is 12.4. The van der Waals surface area contributed by atoms with Gasteiger partial charge in [0.15, 0.2) is 0 Å². The summed E-state index contributed by atoms with van der Waals surface area (Å²) in [6.45, 7) is 5.63. The lowest BCUT2D eigenvalue weighted by Gasteiger charge is -2.26. The van der Waals surface area contributed by atoms with Crippen LogP contribution in [0.5, 0.6) is 0 Å². The molecule has 0 spiro atoms. The lowest BCUT2D eigenvalue weighted by atomic mass is 9.78. The third-order valence-corrected chi connectivity index (χ3v) is 4.37. The molecule has 0 aromatic heterocycles. The molecule has 2 rings (SSSR count). The van der Waals surface area contributed by atoms with Gasteiger partial charge in [-0.2, -0.15) is 5.26 Å². The average molecular weight is 291 g/mol. The van der Waals surface area contributed by atoms with E-state index >= 15 is 0 Å². The van der Waals surface area contributed by atoms with Crippen molar-refractivity contribution in [3.05, 3.63) is 28.8 Å². The van der Waals surface area contributed by atoms with Gasteiger partial charge in [-0.3, -0.25) is 9.59 Å². The standard InChI is InChI=1S/C15H15ClN2O2/c1-9(2)15(3)7-13(19)18(14(15)20)12-6-10(8-17)4-5-11(12)16/h4-6,9H,7H2,1-3H3. The lowest BCUT2D eigenvalue weighted by Crippen LogP contribution is -2.37. The largest absolute Gasteiger partial charge is 0.274 e. The fourth-order valence-corrected chi connectivity index (χ4v) is 2.49. The van der Waals surface area contributed by atoms with Gasteiger partial charge < -0.3 is 0 Å². The van der Waals surface area contributed by atoms with E-state index in [9.17, 15) is 9.59 Å². The summed E-state index contributed by atoms with van der Waals surface area (Å²) in [6, 6.07) is 6.54. The Hall–Kier alpha value is -1.86. The minimum atomic E-state index is -0.719. The van der Waals surface area contributed by atoms with Gasteiger partial charge in [-0.25, -0.2) is 4.90 Å². The van der Waals surface area contributed by atoms with Gasteiger partial charge in [0.25, 0.3) is 0 Å². The highest BCUT2D eigenvalue weighted by atomic mass is 35.5. The van der Waals surface area contributed by atoms with Crippen molar-refractivity contribution >= 4 is 29.1 Å². The number of nitrogens with zero attached hydrogens (tertiary/aromatic N) is 2. The Bertz CT molecular complexity index is 633. The molecular formula is C15H15ClN2O2. The van der Waals surface area contributed by atoms with Crippen molar-refractivity contribution in [2.45, 2.75) is 27.2 Å². The number of anilines is 1. The predicted molar refractivity (Wildman–Crippen MR) is 76.2 cm³/mol. The summed E-state index contributed by atoms with van der Waals surface area (Å²) in [5, 5.41) is 9.23. The molecule has 0 bridgehead atoms. The van der Waals surface area contributed by atoms with Crippen LogP contribution in [-0.2, 0) is 9.59 Å². The Morgan fingerprint density at radius 3 is 2.55 bits per heavy atom. The van der Waals surface area contributed by atoms with Gasteiger partial charge in [0.2, 0.25) is 11.8 Å². The highest BCUT2D eigenvalue weighted by molar-refractivity contribution is 6.36. The molecule has 0 radical (unpaired) electrons. The first-order valence-electron chi connectivity index (χ1n) is 6.38. The number of halogens is 1. The van der Waals surface area contributed by atoms with E-state index < -0.39 is 5.41 Å². The molecular weight excluding hydrogens is 276 g/mol. The first kappa shape index (κ1) is 14.5. The van der Waals surface area contributed by atoms with Crippen LogP contribution in [0.2, 0.25) is 5.02 Å². The first-order valence-corrected chi connectivity index (χ1v) is 6.76. The zero-order valence-electron chi connectivity index (χ0n) is 11.6. The zero-order chi connectivity index (χ0) is 15.1. The quantitative estimate of drug-likeness (QED) is 0.786.